The smallest absolute Gasteiger partial charge is 0.223 e. The zero-order chi connectivity index (χ0) is 24.2. The Labute approximate surface area is 211 Å². The quantitative estimate of drug-likeness (QED) is 0.339. The molecule has 3 rings (SSSR count). The Bertz CT molecular complexity index is 936. The predicted octanol–water partition coefficient (Wildman–Crippen LogP) is 4.35. The minimum Gasteiger partial charge on any atom is -0.490 e. The van der Waals surface area contributed by atoms with Crippen LogP contribution in [-0.4, -0.2) is 55.4 Å². The van der Waals surface area contributed by atoms with Gasteiger partial charge in [0.05, 0.1) is 12.7 Å². The third kappa shape index (κ3) is 6.36. The molecule has 0 aromatic heterocycles. The lowest BCUT2D eigenvalue weighted by Crippen LogP contribution is -2.50. The van der Waals surface area contributed by atoms with Crippen molar-refractivity contribution in [3.8, 4) is 5.75 Å². The highest BCUT2D eigenvalue weighted by molar-refractivity contribution is 14.1. The first kappa shape index (κ1) is 26.1. The molecule has 2 N–H and O–H groups in total. The third-order valence-electron chi connectivity index (χ3n) is 6.43. The maximum Gasteiger partial charge on any atom is 0.223 e. The van der Waals surface area contributed by atoms with Gasteiger partial charge in [0.15, 0.2) is 8.32 Å². The molecule has 0 spiro atoms. The van der Waals surface area contributed by atoms with Crippen LogP contribution in [0.3, 0.4) is 0 Å². The number of benzene rings is 2. The van der Waals surface area contributed by atoms with Crippen LogP contribution in [0.4, 0.5) is 0 Å². The van der Waals surface area contributed by atoms with Crippen LogP contribution in [0, 0.1) is 9.49 Å². The van der Waals surface area contributed by atoms with Gasteiger partial charge in [0.25, 0.3) is 0 Å². The second-order valence-corrected chi connectivity index (χ2v) is 14.6. The van der Waals surface area contributed by atoms with Gasteiger partial charge in [-0.15, -0.1) is 0 Å². The van der Waals surface area contributed by atoms with E-state index in [1.54, 1.807) is 12.0 Å². The van der Waals surface area contributed by atoms with Gasteiger partial charge in [-0.1, -0.05) is 37.3 Å². The number of aliphatic hydroxyl groups excluding tert-OH is 1. The zero-order valence-electron chi connectivity index (χ0n) is 19.7. The molecule has 1 heterocycles. The summed E-state index contributed by atoms with van der Waals surface area (Å²) in [5.41, 5.74) is 1.67. The first-order valence-corrected chi connectivity index (χ1v) is 15.4. The molecule has 0 saturated carbocycles. The normalized spacial score (nSPS) is 21.1. The van der Waals surface area contributed by atoms with Gasteiger partial charge in [0, 0.05) is 47.2 Å². The molecule has 0 bridgehead atoms. The van der Waals surface area contributed by atoms with Crippen molar-refractivity contribution in [2.75, 3.05) is 20.3 Å². The highest BCUT2D eigenvalue weighted by Crippen LogP contribution is 2.47. The average molecular weight is 584 g/mol. The fraction of sp³-hybridized carbons (Fsp3) is 0.480. The van der Waals surface area contributed by atoms with E-state index in [4.69, 9.17) is 9.47 Å². The predicted molar refractivity (Wildman–Crippen MR) is 140 cm³/mol. The van der Waals surface area contributed by atoms with Gasteiger partial charge in [0.1, 0.15) is 11.9 Å². The Hall–Kier alpha value is -1.46. The van der Waals surface area contributed by atoms with Gasteiger partial charge in [-0.05, 0) is 59.4 Å². The molecule has 8 heteroatoms. The fourth-order valence-electron chi connectivity index (χ4n) is 4.65. The van der Waals surface area contributed by atoms with Crippen LogP contribution in [0.5, 0.6) is 5.75 Å². The number of carbonyl (C=O) groups excluding carboxylic acids is 1. The van der Waals surface area contributed by atoms with Gasteiger partial charge in [-0.2, -0.15) is 0 Å². The lowest BCUT2D eigenvalue weighted by molar-refractivity contribution is -0.133. The number of hydrogen-bond donors (Lipinski definition) is 2. The summed E-state index contributed by atoms with van der Waals surface area (Å²) < 4.78 is 13.4. The molecule has 1 unspecified atom stereocenters. The molecule has 33 heavy (non-hydrogen) atoms. The van der Waals surface area contributed by atoms with Crippen molar-refractivity contribution in [2.45, 2.75) is 50.7 Å². The van der Waals surface area contributed by atoms with E-state index >= 15 is 0 Å². The van der Waals surface area contributed by atoms with Gasteiger partial charge in [0.2, 0.25) is 5.91 Å². The summed E-state index contributed by atoms with van der Waals surface area (Å²) in [6.07, 6.45) is -0.376. The molecule has 2 aromatic rings. The van der Waals surface area contributed by atoms with Crippen molar-refractivity contribution in [3.05, 3.63) is 63.2 Å². The average Bonchev–Trinajstić information content (AvgIpc) is 2.77. The maximum atomic E-state index is 13.4. The molecule has 4 atom stereocenters. The van der Waals surface area contributed by atoms with Gasteiger partial charge in [-0.25, -0.2) is 0 Å². The van der Waals surface area contributed by atoms with Crippen molar-refractivity contribution in [3.63, 3.8) is 0 Å². The van der Waals surface area contributed by atoms with E-state index in [2.05, 4.69) is 35.6 Å². The van der Waals surface area contributed by atoms with Crippen molar-refractivity contribution in [1.82, 2.24) is 4.90 Å². The Morgan fingerprint density at radius 1 is 1.24 bits per heavy atom. The van der Waals surface area contributed by atoms with Crippen LogP contribution >= 0.6 is 22.6 Å². The Balaban J connectivity index is 1.87. The molecule has 1 aliphatic rings. The summed E-state index contributed by atoms with van der Waals surface area (Å²) in [4.78, 5) is 26.3. The van der Waals surface area contributed by atoms with E-state index in [0.717, 1.165) is 20.4 Å². The number of carbonyl (C=O) groups is 1. The zero-order valence-corrected chi connectivity index (χ0v) is 22.9. The molecule has 2 aromatic carbocycles. The lowest BCUT2D eigenvalue weighted by atomic mass is 9.86. The first-order chi connectivity index (χ1) is 15.7. The minimum absolute atomic E-state index is 0.0437. The number of nitrogens with zero attached hydrogens (tertiary/aromatic N) is 1. The highest BCUT2D eigenvalue weighted by atomic mass is 127. The molecule has 0 radical (unpaired) electrons. The summed E-state index contributed by atoms with van der Waals surface area (Å²) in [5, 5.41) is 9.57. The Morgan fingerprint density at radius 3 is 2.55 bits per heavy atom. The van der Waals surface area contributed by atoms with Gasteiger partial charge < -0.3 is 24.3 Å². The van der Waals surface area contributed by atoms with E-state index in [9.17, 15) is 14.7 Å². The monoisotopic (exact) mass is 583 g/mol. The van der Waals surface area contributed by atoms with Crippen molar-refractivity contribution in [2.24, 2.45) is 5.92 Å². The molecular formula is C25H34INO5Si. The standard InChI is InChI=1S/C25H34INO5Si/c1-17-24(31-2)20-14-19(26)10-11-21(20)32-25(17)22(33(3,4)30)15-23(29)27(12-13-28)16-18-8-6-5-7-9-18/h5-11,14,17,22,24-25,28,30H,12-13,15-16H2,1-4H3/t17-,22?,24-,25-/m0/s1. The molecule has 1 amide bonds. The molecular weight excluding hydrogens is 549 g/mol. The van der Waals surface area contributed by atoms with Crippen molar-refractivity contribution in [1.29, 1.82) is 0 Å². The summed E-state index contributed by atoms with van der Waals surface area (Å²) >= 11 is 2.28. The van der Waals surface area contributed by atoms with E-state index in [0.29, 0.717) is 6.54 Å². The molecule has 6 nitrogen and oxygen atoms in total. The summed E-state index contributed by atoms with van der Waals surface area (Å²) in [6.45, 7) is 6.34. The van der Waals surface area contributed by atoms with Gasteiger partial charge >= 0.3 is 0 Å². The van der Waals surface area contributed by atoms with Crippen LogP contribution in [0.25, 0.3) is 0 Å². The summed E-state index contributed by atoms with van der Waals surface area (Å²) in [5.74, 6) is 0.612. The number of methoxy groups -OCH3 is 1. The summed E-state index contributed by atoms with van der Waals surface area (Å²) in [6, 6.07) is 15.7. The second-order valence-electron chi connectivity index (χ2n) is 9.27. The number of fused-ring (bicyclic) bond motifs is 1. The molecule has 1 aliphatic heterocycles. The topological polar surface area (TPSA) is 79.2 Å². The summed E-state index contributed by atoms with van der Waals surface area (Å²) in [7, 11) is -1.11. The number of halogens is 1. The van der Waals surface area contributed by atoms with Gasteiger partial charge in [-0.3, -0.25) is 4.79 Å². The van der Waals surface area contributed by atoms with E-state index in [-0.39, 0.29) is 49.1 Å². The van der Waals surface area contributed by atoms with Crippen LogP contribution in [0.2, 0.25) is 18.6 Å². The lowest BCUT2D eigenvalue weighted by Gasteiger charge is -2.44. The minimum atomic E-state index is -2.81. The maximum absolute atomic E-state index is 13.4. The van der Waals surface area contributed by atoms with Crippen LogP contribution in [0.15, 0.2) is 48.5 Å². The highest BCUT2D eigenvalue weighted by Gasteiger charge is 2.47. The fourth-order valence-corrected chi connectivity index (χ4v) is 7.02. The Morgan fingerprint density at radius 2 is 1.94 bits per heavy atom. The van der Waals surface area contributed by atoms with E-state index in [1.165, 1.54) is 0 Å². The molecule has 0 fully saturated rings. The molecule has 180 valence electrons. The second kappa shape index (κ2) is 11.3. The van der Waals surface area contributed by atoms with Crippen LogP contribution in [-0.2, 0) is 16.1 Å². The van der Waals surface area contributed by atoms with Crippen molar-refractivity contribution < 1.29 is 24.2 Å². The van der Waals surface area contributed by atoms with E-state index < -0.39 is 8.32 Å². The van der Waals surface area contributed by atoms with Crippen molar-refractivity contribution >= 4 is 36.8 Å². The number of hydrogen-bond acceptors (Lipinski definition) is 5. The molecule has 0 aliphatic carbocycles. The SMILES string of the molecule is CO[C@@H]1c2cc(I)ccc2O[C@H](C(CC(=O)N(CCO)Cc2ccccc2)[Si](C)(C)O)[C@H]1C. The first-order valence-electron chi connectivity index (χ1n) is 11.3. The molecule has 0 saturated heterocycles. The largest absolute Gasteiger partial charge is 0.490 e. The number of amides is 1. The number of ether oxygens (including phenoxy) is 2. The third-order valence-corrected chi connectivity index (χ3v) is 9.45. The number of aliphatic hydroxyl groups is 1. The van der Waals surface area contributed by atoms with Crippen LogP contribution < -0.4 is 4.74 Å². The van der Waals surface area contributed by atoms with E-state index in [1.807, 2.05) is 55.6 Å². The number of rotatable bonds is 9. The Kier molecular flexibility index (Phi) is 8.96. The van der Waals surface area contributed by atoms with Crippen LogP contribution in [0.1, 0.15) is 30.6 Å².